The van der Waals surface area contributed by atoms with Crippen LogP contribution in [-0.2, 0) is 0 Å². The summed E-state index contributed by atoms with van der Waals surface area (Å²) in [4.78, 5) is 22.7. The average Bonchev–Trinajstić information content (AvgIpc) is 3.38. The van der Waals surface area contributed by atoms with E-state index in [1.165, 1.54) is 0 Å². The second-order valence-corrected chi connectivity index (χ2v) is 7.17. The van der Waals surface area contributed by atoms with Gasteiger partial charge in [-0.3, -0.25) is 0 Å². The lowest BCUT2D eigenvalue weighted by molar-refractivity contribution is 0.0898. The van der Waals surface area contributed by atoms with E-state index in [2.05, 4.69) is 15.3 Å². The number of aromatic nitrogens is 2. The SMILES string of the molecule is O=C(NC[C@@H]1COc2ccccc2O1)N1CCC[C@H]1c1nc2ccccc2[nH]1. The number of ether oxygens (including phenoxy) is 2. The summed E-state index contributed by atoms with van der Waals surface area (Å²) < 4.78 is 11.6. The molecule has 0 radical (unpaired) electrons. The predicted molar refractivity (Wildman–Crippen MR) is 105 cm³/mol. The van der Waals surface area contributed by atoms with Gasteiger partial charge in [0.15, 0.2) is 17.6 Å². The van der Waals surface area contributed by atoms with Gasteiger partial charge in [-0.25, -0.2) is 9.78 Å². The second kappa shape index (κ2) is 7.07. The van der Waals surface area contributed by atoms with E-state index in [1.807, 2.05) is 53.4 Å². The quantitative estimate of drug-likeness (QED) is 0.733. The Balaban J connectivity index is 1.23. The number of imidazole rings is 1. The van der Waals surface area contributed by atoms with Crippen LogP contribution >= 0.6 is 0 Å². The lowest BCUT2D eigenvalue weighted by Gasteiger charge is -2.28. The van der Waals surface area contributed by atoms with Gasteiger partial charge in [-0.2, -0.15) is 0 Å². The smallest absolute Gasteiger partial charge is 0.318 e. The number of H-pyrrole nitrogens is 1. The highest BCUT2D eigenvalue weighted by molar-refractivity contribution is 5.77. The van der Waals surface area contributed by atoms with Crippen LogP contribution in [0, 0.1) is 0 Å². The molecule has 7 heteroatoms. The fourth-order valence-corrected chi connectivity index (χ4v) is 3.89. The zero-order valence-corrected chi connectivity index (χ0v) is 15.4. The van der Waals surface area contributed by atoms with E-state index in [9.17, 15) is 4.79 Å². The number of nitrogens with one attached hydrogen (secondary N) is 2. The third-order valence-electron chi connectivity index (χ3n) is 5.29. The number of hydrogen-bond acceptors (Lipinski definition) is 4. The van der Waals surface area contributed by atoms with Crippen LogP contribution in [0.15, 0.2) is 48.5 Å². The minimum atomic E-state index is -0.203. The van der Waals surface area contributed by atoms with Gasteiger partial charge in [-0.05, 0) is 37.1 Å². The maximum absolute atomic E-state index is 12.8. The molecule has 7 nitrogen and oxygen atoms in total. The maximum atomic E-state index is 12.8. The number of para-hydroxylation sites is 4. The zero-order valence-electron chi connectivity index (χ0n) is 15.4. The summed E-state index contributed by atoms with van der Waals surface area (Å²) in [5, 5.41) is 3.00. The maximum Gasteiger partial charge on any atom is 0.318 e. The van der Waals surface area contributed by atoms with Gasteiger partial charge in [0.05, 0.1) is 23.6 Å². The molecule has 1 aromatic heterocycles. The number of carbonyl (C=O) groups excluding carboxylic acids is 1. The number of carbonyl (C=O) groups is 1. The summed E-state index contributed by atoms with van der Waals surface area (Å²) in [6, 6.07) is 15.4. The van der Waals surface area contributed by atoms with Crippen molar-refractivity contribution in [2.24, 2.45) is 0 Å². The predicted octanol–water partition coefficient (Wildman–Crippen LogP) is 3.25. The van der Waals surface area contributed by atoms with Crippen LogP contribution in [0.1, 0.15) is 24.7 Å². The Morgan fingerprint density at radius 1 is 1.18 bits per heavy atom. The Hall–Kier alpha value is -3.22. The van der Waals surface area contributed by atoms with Crippen LogP contribution in [0.2, 0.25) is 0 Å². The van der Waals surface area contributed by atoms with Crippen LogP contribution in [0.5, 0.6) is 11.5 Å². The van der Waals surface area contributed by atoms with E-state index in [4.69, 9.17) is 9.47 Å². The van der Waals surface area contributed by atoms with Gasteiger partial charge in [0.25, 0.3) is 0 Å². The minimum absolute atomic E-state index is 0.0309. The molecule has 2 aliphatic heterocycles. The van der Waals surface area contributed by atoms with Crippen molar-refractivity contribution in [3.05, 3.63) is 54.4 Å². The first-order valence-electron chi connectivity index (χ1n) is 9.65. The molecule has 0 aliphatic carbocycles. The van der Waals surface area contributed by atoms with Gasteiger partial charge in [0, 0.05) is 6.54 Å². The third-order valence-corrected chi connectivity index (χ3v) is 5.29. The van der Waals surface area contributed by atoms with Crippen LogP contribution in [0.3, 0.4) is 0 Å². The van der Waals surface area contributed by atoms with E-state index in [0.29, 0.717) is 18.9 Å². The molecular formula is C21H22N4O3. The normalized spacial score (nSPS) is 21.1. The molecule has 2 N–H and O–H groups in total. The number of fused-ring (bicyclic) bond motifs is 2. The molecule has 2 aliphatic rings. The lowest BCUT2D eigenvalue weighted by atomic mass is 10.2. The van der Waals surface area contributed by atoms with Gasteiger partial charge in [0.2, 0.25) is 0 Å². The Morgan fingerprint density at radius 2 is 2.00 bits per heavy atom. The molecule has 0 saturated carbocycles. The highest BCUT2D eigenvalue weighted by Gasteiger charge is 2.32. The zero-order chi connectivity index (χ0) is 18.9. The summed E-state index contributed by atoms with van der Waals surface area (Å²) in [7, 11) is 0. The van der Waals surface area contributed by atoms with Crippen molar-refractivity contribution in [2.45, 2.75) is 25.0 Å². The molecular weight excluding hydrogens is 356 g/mol. The van der Waals surface area contributed by atoms with Crippen molar-refractivity contribution in [3.8, 4) is 11.5 Å². The van der Waals surface area contributed by atoms with E-state index in [-0.39, 0.29) is 18.2 Å². The highest BCUT2D eigenvalue weighted by Crippen LogP contribution is 2.32. The standard InChI is InChI=1S/C21H22N4O3/c26-21(22-12-14-13-27-18-9-3-4-10-19(18)28-14)25-11-5-8-17(25)20-23-15-6-1-2-7-16(15)24-20/h1-4,6-7,9-10,14,17H,5,8,11-13H2,(H,22,26)(H,23,24)/t14-,17+/m1/s1. The van der Waals surface area contributed by atoms with Gasteiger partial charge in [0.1, 0.15) is 12.4 Å². The van der Waals surface area contributed by atoms with E-state index in [1.54, 1.807) is 0 Å². The Morgan fingerprint density at radius 3 is 2.89 bits per heavy atom. The fraction of sp³-hybridized carbons (Fsp3) is 0.333. The van der Waals surface area contributed by atoms with E-state index >= 15 is 0 Å². The largest absolute Gasteiger partial charge is 0.486 e. The molecule has 0 bridgehead atoms. The number of hydrogen-bond donors (Lipinski definition) is 2. The molecule has 0 unspecified atom stereocenters. The number of rotatable bonds is 3. The first kappa shape index (κ1) is 16.9. The third kappa shape index (κ3) is 3.13. The summed E-state index contributed by atoms with van der Waals surface area (Å²) in [5.41, 5.74) is 1.92. The first-order valence-corrected chi connectivity index (χ1v) is 9.65. The monoisotopic (exact) mass is 378 g/mol. The molecule has 2 amide bonds. The number of amides is 2. The number of benzene rings is 2. The molecule has 3 aromatic rings. The number of aromatic amines is 1. The highest BCUT2D eigenvalue weighted by atomic mass is 16.6. The Bertz CT molecular complexity index is 969. The minimum Gasteiger partial charge on any atom is -0.486 e. The topological polar surface area (TPSA) is 79.5 Å². The molecule has 3 heterocycles. The first-order chi connectivity index (χ1) is 13.8. The van der Waals surface area contributed by atoms with Crippen molar-refractivity contribution < 1.29 is 14.3 Å². The Kier molecular flexibility index (Phi) is 4.27. The second-order valence-electron chi connectivity index (χ2n) is 7.17. The number of nitrogens with zero attached hydrogens (tertiary/aromatic N) is 2. The van der Waals surface area contributed by atoms with Gasteiger partial charge in [-0.15, -0.1) is 0 Å². The van der Waals surface area contributed by atoms with Crippen LogP contribution < -0.4 is 14.8 Å². The van der Waals surface area contributed by atoms with Gasteiger partial charge >= 0.3 is 6.03 Å². The molecule has 28 heavy (non-hydrogen) atoms. The fourth-order valence-electron chi connectivity index (χ4n) is 3.89. The molecule has 0 spiro atoms. The number of urea groups is 1. The van der Waals surface area contributed by atoms with Gasteiger partial charge in [-0.1, -0.05) is 24.3 Å². The number of likely N-dealkylation sites (tertiary alicyclic amines) is 1. The van der Waals surface area contributed by atoms with Crippen LogP contribution in [-0.4, -0.2) is 46.7 Å². The summed E-state index contributed by atoms with van der Waals surface area (Å²) in [5.74, 6) is 2.31. The van der Waals surface area contributed by atoms with Crippen LogP contribution in [0.25, 0.3) is 11.0 Å². The molecule has 5 rings (SSSR count). The van der Waals surface area contributed by atoms with Crippen molar-refractivity contribution >= 4 is 17.1 Å². The van der Waals surface area contributed by atoms with E-state index < -0.39 is 0 Å². The molecule has 1 fully saturated rings. The van der Waals surface area contributed by atoms with Crippen molar-refractivity contribution in [3.63, 3.8) is 0 Å². The lowest BCUT2D eigenvalue weighted by Crippen LogP contribution is -2.46. The molecule has 144 valence electrons. The average molecular weight is 378 g/mol. The van der Waals surface area contributed by atoms with Crippen molar-refractivity contribution in [2.75, 3.05) is 19.7 Å². The van der Waals surface area contributed by atoms with Gasteiger partial charge < -0.3 is 24.7 Å². The summed E-state index contributed by atoms with van der Waals surface area (Å²) in [6.45, 7) is 1.54. The molecule has 1 saturated heterocycles. The summed E-state index contributed by atoms with van der Waals surface area (Å²) in [6.07, 6.45) is 1.67. The van der Waals surface area contributed by atoms with Crippen molar-refractivity contribution in [1.29, 1.82) is 0 Å². The van der Waals surface area contributed by atoms with E-state index in [0.717, 1.165) is 42.0 Å². The molecule has 2 atom stereocenters. The van der Waals surface area contributed by atoms with Crippen LogP contribution in [0.4, 0.5) is 4.79 Å². The Labute approximate surface area is 162 Å². The summed E-state index contributed by atoms with van der Waals surface area (Å²) >= 11 is 0. The molecule has 2 aromatic carbocycles. The van der Waals surface area contributed by atoms with Crippen molar-refractivity contribution in [1.82, 2.24) is 20.2 Å².